The van der Waals surface area contributed by atoms with Crippen molar-refractivity contribution >= 4 is 11.6 Å². The molecule has 1 unspecified atom stereocenters. The summed E-state index contributed by atoms with van der Waals surface area (Å²) in [6.07, 6.45) is 2.99. The van der Waals surface area contributed by atoms with Gasteiger partial charge in [0, 0.05) is 17.8 Å². The molecule has 4 rings (SSSR count). The molecule has 0 saturated carbocycles. The van der Waals surface area contributed by atoms with Gasteiger partial charge in [0.05, 0.1) is 32.9 Å². The zero-order chi connectivity index (χ0) is 25.7. The highest BCUT2D eigenvalue weighted by atomic mass is 16.5. The van der Waals surface area contributed by atoms with Crippen molar-refractivity contribution in [2.24, 2.45) is 0 Å². The molecule has 3 aromatic rings. The second-order valence-corrected chi connectivity index (χ2v) is 8.51. The van der Waals surface area contributed by atoms with Gasteiger partial charge >= 0.3 is 6.03 Å². The average molecular weight is 493 g/mol. The highest BCUT2D eigenvalue weighted by Gasteiger charge is 2.36. The molecule has 0 fully saturated rings. The molecule has 1 aliphatic rings. The van der Waals surface area contributed by atoms with Crippen molar-refractivity contribution in [3.05, 3.63) is 59.6 Å². The first kappa shape index (κ1) is 25.1. The highest BCUT2D eigenvalue weighted by Crippen LogP contribution is 2.40. The molecule has 1 aliphatic heterocycles. The first-order valence-electron chi connectivity index (χ1n) is 12.0. The molecule has 190 valence electrons. The van der Waals surface area contributed by atoms with Gasteiger partial charge in [-0.05, 0) is 43.2 Å². The molecule has 9 nitrogen and oxygen atoms in total. The van der Waals surface area contributed by atoms with E-state index in [0.717, 1.165) is 41.7 Å². The summed E-state index contributed by atoms with van der Waals surface area (Å²) in [5.74, 6) is 2.64. The second kappa shape index (κ2) is 11.2. The van der Waals surface area contributed by atoms with Crippen LogP contribution in [-0.4, -0.2) is 48.9 Å². The number of urea groups is 1. The Kier molecular flexibility index (Phi) is 7.77. The molecule has 0 bridgehead atoms. The molecular weight excluding hydrogens is 460 g/mol. The zero-order valence-electron chi connectivity index (χ0n) is 21.3. The normalized spacial score (nSPS) is 15.6. The Hall–Kier alpha value is -4.01. The van der Waals surface area contributed by atoms with E-state index < -0.39 is 6.04 Å². The molecule has 1 atom stereocenters. The molecule has 2 amide bonds. The third kappa shape index (κ3) is 5.00. The Morgan fingerprint density at radius 1 is 1.03 bits per heavy atom. The Labute approximate surface area is 211 Å². The van der Waals surface area contributed by atoms with Crippen LogP contribution in [0, 0.1) is 0 Å². The van der Waals surface area contributed by atoms with Gasteiger partial charge in [0.1, 0.15) is 5.75 Å². The van der Waals surface area contributed by atoms with Crippen molar-refractivity contribution in [1.29, 1.82) is 0 Å². The minimum Gasteiger partial charge on any atom is -0.497 e. The van der Waals surface area contributed by atoms with Crippen molar-refractivity contribution in [2.75, 3.05) is 27.9 Å². The number of hydrogen-bond donors (Lipinski definition) is 1. The number of rotatable bonds is 10. The van der Waals surface area contributed by atoms with Crippen molar-refractivity contribution in [1.82, 2.24) is 20.4 Å². The molecule has 0 spiro atoms. The number of unbranched alkanes of at least 4 members (excludes halogenated alkanes) is 2. The zero-order valence-corrected chi connectivity index (χ0v) is 21.3. The Morgan fingerprint density at radius 3 is 2.56 bits per heavy atom. The minimum atomic E-state index is -0.515. The number of amides is 2. The van der Waals surface area contributed by atoms with Gasteiger partial charge < -0.3 is 24.1 Å². The number of ether oxygens (including phenoxy) is 3. The fourth-order valence-electron chi connectivity index (χ4n) is 4.34. The fraction of sp³-hybridized carbons (Fsp3) is 0.370. The standard InChI is InChI=1S/C27H32N4O5/c1-6-7-8-14-31-17(2)23(26-29-25(30-36-26)19-10-9-11-20(15-19)33-3)24(28-27(31)32)18-12-13-21(34-4)22(16-18)35-5/h9-13,15-16,24H,6-8,14H2,1-5H3,(H,28,32). The van der Waals surface area contributed by atoms with Crippen LogP contribution in [0.4, 0.5) is 4.79 Å². The number of carbonyl (C=O) groups excluding carboxylic acids is 1. The molecule has 0 aliphatic carbocycles. The fourth-order valence-corrected chi connectivity index (χ4v) is 4.34. The van der Waals surface area contributed by atoms with E-state index in [1.54, 1.807) is 26.2 Å². The number of allylic oxidation sites excluding steroid dienone is 1. The monoisotopic (exact) mass is 492 g/mol. The molecular formula is C27H32N4O5. The summed E-state index contributed by atoms with van der Waals surface area (Å²) < 4.78 is 22.0. The first-order valence-corrected chi connectivity index (χ1v) is 12.0. The predicted octanol–water partition coefficient (Wildman–Crippen LogP) is 5.45. The van der Waals surface area contributed by atoms with Gasteiger partial charge in [-0.15, -0.1) is 0 Å². The lowest BCUT2D eigenvalue weighted by Crippen LogP contribution is -2.46. The maximum Gasteiger partial charge on any atom is 0.322 e. The summed E-state index contributed by atoms with van der Waals surface area (Å²) in [5, 5.41) is 7.36. The molecule has 2 heterocycles. The Balaban J connectivity index is 1.79. The smallest absolute Gasteiger partial charge is 0.322 e. The predicted molar refractivity (Wildman–Crippen MR) is 136 cm³/mol. The third-order valence-electron chi connectivity index (χ3n) is 6.31. The molecule has 1 aromatic heterocycles. The van der Waals surface area contributed by atoms with Crippen LogP contribution in [0.1, 0.15) is 50.6 Å². The summed E-state index contributed by atoms with van der Waals surface area (Å²) in [6, 6.07) is 12.3. The minimum absolute atomic E-state index is 0.167. The summed E-state index contributed by atoms with van der Waals surface area (Å²) in [7, 11) is 4.78. The van der Waals surface area contributed by atoms with Gasteiger partial charge in [0.15, 0.2) is 11.5 Å². The third-order valence-corrected chi connectivity index (χ3v) is 6.31. The maximum atomic E-state index is 13.2. The molecule has 36 heavy (non-hydrogen) atoms. The number of carbonyl (C=O) groups is 1. The van der Waals surface area contributed by atoms with Crippen LogP contribution in [0.15, 0.2) is 52.7 Å². The molecule has 9 heteroatoms. The lowest BCUT2D eigenvalue weighted by Gasteiger charge is -2.35. The number of benzene rings is 2. The lowest BCUT2D eigenvalue weighted by molar-refractivity contribution is 0.204. The van der Waals surface area contributed by atoms with Gasteiger partial charge in [-0.2, -0.15) is 4.98 Å². The topological polar surface area (TPSA) is 99.0 Å². The van der Waals surface area contributed by atoms with Crippen LogP contribution in [0.3, 0.4) is 0 Å². The van der Waals surface area contributed by atoms with Crippen molar-refractivity contribution in [3.8, 4) is 28.6 Å². The Morgan fingerprint density at radius 2 is 1.83 bits per heavy atom. The quantitative estimate of drug-likeness (QED) is 0.376. The van der Waals surface area contributed by atoms with Gasteiger partial charge in [-0.3, -0.25) is 4.90 Å². The molecule has 0 saturated heterocycles. The van der Waals surface area contributed by atoms with Crippen LogP contribution in [0.5, 0.6) is 17.2 Å². The lowest BCUT2D eigenvalue weighted by atomic mass is 9.94. The molecule has 0 radical (unpaired) electrons. The summed E-state index contributed by atoms with van der Waals surface area (Å²) >= 11 is 0. The van der Waals surface area contributed by atoms with E-state index in [0.29, 0.717) is 35.5 Å². The Bertz CT molecular complexity index is 1250. The van der Waals surface area contributed by atoms with E-state index in [-0.39, 0.29) is 6.03 Å². The van der Waals surface area contributed by atoms with E-state index in [9.17, 15) is 4.79 Å². The number of methoxy groups -OCH3 is 3. The van der Waals surface area contributed by atoms with E-state index in [1.807, 2.05) is 49.4 Å². The van der Waals surface area contributed by atoms with Crippen LogP contribution < -0.4 is 19.5 Å². The van der Waals surface area contributed by atoms with E-state index in [4.69, 9.17) is 23.7 Å². The number of aromatic nitrogens is 2. The van der Waals surface area contributed by atoms with E-state index in [1.165, 1.54) is 0 Å². The number of hydrogen-bond acceptors (Lipinski definition) is 7. The van der Waals surface area contributed by atoms with E-state index in [2.05, 4.69) is 17.4 Å². The van der Waals surface area contributed by atoms with Gasteiger partial charge in [-0.25, -0.2) is 4.79 Å². The molecule has 1 N–H and O–H groups in total. The number of nitrogens with one attached hydrogen (secondary N) is 1. The first-order chi connectivity index (χ1) is 17.5. The van der Waals surface area contributed by atoms with Gasteiger partial charge in [-0.1, -0.05) is 43.1 Å². The van der Waals surface area contributed by atoms with Gasteiger partial charge in [0.25, 0.3) is 5.89 Å². The van der Waals surface area contributed by atoms with Crippen LogP contribution in [-0.2, 0) is 0 Å². The average Bonchev–Trinajstić information content (AvgIpc) is 3.39. The summed E-state index contributed by atoms with van der Waals surface area (Å²) in [6.45, 7) is 4.66. The summed E-state index contributed by atoms with van der Waals surface area (Å²) in [4.78, 5) is 19.6. The second-order valence-electron chi connectivity index (χ2n) is 8.51. The number of nitrogens with zero attached hydrogens (tertiary/aromatic N) is 3. The van der Waals surface area contributed by atoms with Crippen molar-refractivity contribution < 1.29 is 23.5 Å². The highest BCUT2D eigenvalue weighted by molar-refractivity contribution is 5.87. The van der Waals surface area contributed by atoms with Crippen LogP contribution in [0.25, 0.3) is 17.0 Å². The van der Waals surface area contributed by atoms with Gasteiger partial charge in [0.2, 0.25) is 5.82 Å². The molecule has 2 aromatic carbocycles. The largest absolute Gasteiger partial charge is 0.497 e. The van der Waals surface area contributed by atoms with Crippen LogP contribution in [0.2, 0.25) is 0 Å². The summed E-state index contributed by atoms with van der Waals surface area (Å²) in [5.41, 5.74) is 3.09. The van der Waals surface area contributed by atoms with Crippen LogP contribution >= 0.6 is 0 Å². The van der Waals surface area contributed by atoms with Crippen molar-refractivity contribution in [2.45, 2.75) is 39.2 Å². The maximum absolute atomic E-state index is 13.2. The van der Waals surface area contributed by atoms with Crippen molar-refractivity contribution in [3.63, 3.8) is 0 Å². The van der Waals surface area contributed by atoms with E-state index >= 15 is 0 Å². The SMILES string of the molecule is CCCCCN1C(=O)NC(c2ccc(OC)c(OC)c2)C(c2nc(-c3cccc(OC)c3)no2)=C1C.